The summed E-state index contributed by atoms with van der Waals surface area (Å²) in [7, 11) is 1.37. The number of hydrogen-bond donors (Lipinski definition) is 3. The number of carbonyl (C=O) groups excluding carboxylic acids is 3. The monoisotopic (exact) mass is 681 g/mol. The molecule has 3 fully saturated rings. The van der Waals surface area contributed by atoms with E-state index in [4.69, 9.17) is 28.4 Å². The molecule has 3 aliphatic heterocycles. The number of phenols is 2. The molecule has 8 atom stereocenters. The lowest BCUT2D eigenvalue weighted by molar-refractivity contribution is -0.247. The highest BCUT2D eigenvalue weighted by Gasteiger charge is 2.54. The number of fused-ring (bicyclic) bond motifs is 6. The Kier molecular flexibility index (Phi) is 8.83. The summed E-state index contributed by atoms with van der Waals surface area (Å²) >= 11 is 0. The van der Waals surface area contributed by atoms with Crippen molar-refractivity contribution >= 4 is 17.3 Å². The van der Waals surface area contributed by atoms with Crippen LogP contribution in [-0.2, 0) is 34.9 Å². The number of aliphatic hydroxyl groups is 1. The van der Waals surface area contributed by atoms with Crippen molar-refractivity contribution in [3.05, 3.63) is 51.6 Å². The lowest BCUT2D eigenvalue weighted by Crippen LogP contribution is -2.55. The van der Waals surface area contributed by atoms with Gasteiger partial charge in [-0.3, -0.25) is 19.3 Å². The summed E-state index contributed by atoms with van der Waals surface area (Å²) < 4.78 is 36.2. The van der Waals surface area contributed by atoms with Crippen LogP contribution in [0.3, 0.4) is 0 Å². The van der Waals surface area contributed by atoms with Gasteiger partial charge in [0.05, 0.1) is 54.8 Å². The molecule has 7 rings (SSSR count). The van der Waals surface area contributed by atoms with E-state index in [0.29, 0.717) is 19.6 Å². The number of ether oxygens (including phenoxy) is 6. The summed E-state index contributed by atoms with van der Waals surface area (Å²) in [4.78, 5) is 43.7. The fourth-order valence-electron chi connectivity index (χ4n) is 8.17. The molecule has 2 aromatic carbocycles. The molecular weight excluding hydrogens is 638 g/mol. The topological polar surface area (TPSA) is 171 Å². The second kappa shape index (κ2) is 12.7. The molecule has 5 aliphatic rings. The van der Waals surface area contributed by atoms with E-state index in [9.17, 15) is 29.7 Å². The Balaban J connectivity index is 1.29. The van der Waals surface area contributed by atoms with Crippen molar-refractivity contribution in [3.8, 4) is 17.2 Å². The number of morpholine rings is 1. The van der Waals surface area contributed by atoms with Crippen LogP contribution in [0.15, 0.2) is 18.2 Å². The van der Waals surface area contributed by atoms with Crippen LogP contribution >= 0.6 is 0 Å². The Hall–Kier alpha value is -3.43. The number of Topliss-reactive ketones (excluding diaryl/α,β-unsaturated/α-hetero) is 1. The molecular formula is C36H43NO12. The van der Waals surface area contributed by atoms with Gasteiger partial charge in [0.25, 0.3) is 0 Å². The van der Waals surface area contributed by atoms with Crippen LogP contribution in [0.4, 0.5) is 0 Å². The molecule has 3 N–H and O–H groups in total. The Morgan fingerprint density at radius 3 is 2.57 bits per heavy atom. The minimum atomic E-state index is -2.10. The third-order valence-corrected chi connectivity index (χ3v) is 10.6. The molecule has 2 aromatic rings. The summed E-state index contributed by atoms with van der Waals surface area (Å²) in [6, 6.07) is 4.44. The molecule has 0 spiro atoms. The molecule has 3 saturated heterocycles. The molecule has 0 amide bonds. The van der Waals surface area contributed by atoms with E-state index in [1.165, 1.54) is 19.2 Å². The van der Waals surface area contributed by atoms with Crippen LogP contribution < -0.4 is 4.74 Å². The number of aromatic hydroxyl groups is 2. The number of carbonyl (C=O) groups is 3. The molecule has 1 unspecified atom stereocenters. The largest absolute Gasteiger partial charge is 0.507 e. The van der Waals surface area contributed by atoms with E-state index >= 15 is 0 Å². The van der Waals surface area contributed by atoms with Gasteiger partial charge in [-0.05, 0) is 33.3 Å². The van der Waals surface area contributed by atoms with Gasteiger partial charge < -0.3 is 43.7 Å². The first-order valence-electron chi connectivity index (χ1n) is 17.0. The maximum absolute atomic E-state index is 14.0. The molecule has 49 heavy (non-hydrogen) atoms. The molecule has 2 aliphatic carbocycles. The lowest BCUT2D eigenvalue weighted by Gasteiger charge is -2.43. The third kappa shape index (κ3) is 5.47. The van der Waals surface area contributed by atoms with Crippen molar-refractivity contribution in [1.29, 1.82) is 0 Å². The minimum absolute atomic E-state index is 0.00330. The Labute approximate surface area is 284 Å². The van der Waals surface area contributed by atoms with Crippen molar-refractivity contribution in [1.82, 2.24) is 4.90 Å². The van der Waals surface area contributed by atoms with Crippen molar-refractivity contribution < 1.29 is 58.1 Å². The number of hydrogen-bond acceptors (Lipinski definition) is 13. The van der Waals surface area contributed by atoms with Crippen molar-refractivity contribution in [2.75, 3.05) is 26.9 Å². The first-order chi connectivity index (χ1) is 23.4. The first-order valence-corrected chi connectivity index (χ1v) is 17.0. The van der Waals surface area contributed by atoms with E-state index in [2.05, 4.69) is 4.90 Å². The molecule has 0 bridgehead atoms. The highest BCUT2D eigenvalue weighted by atomic mass is 16.7. The van der Waals surface area contributed by atoms with Gasteiger partial charge in [0.1, 0.15) is 41.8 Å². The zero-order valence-corrected chi connectivity index (χ0v) is 28.3. The van der Waals surface area contributed by atoms with E-state index in [0.717, 1.165) is 6.42 Å². The number of methoxy groups -OCH3 is 1. The van der Waals surface area contributed by atoms with Gasteiger partial charge >= 0.3 is 0 Å². The number of benzene rings is 2. The third-order valence-electron chi connectivity index (χ3n) is 10.6. The van der Waals surface area contributed by atoms with E-state index in [-0.39, 0.29) is 65.0 Å². The quantitative estimate of drug-likeness (QED) is 0.297. The molecule has 0 radical (unpaired) electrons. The van der Waals surface area contributed by atoms with E-state index in [1.807, 2.05) is 13.8 Å². The smallest absolute Gasteiger partial charge is 0.202 e. The fourth-order valence-corrected chi connectivity index (χ4v) is 8.17. The number of ketones is 3. The Bertz CT molecular complexity index is 1690. The lowest BCUT2D eigenvalue weighted by atomic mass is 9.72. The van der Waals surface area contributed by atoms with Gasteiger partial charge in [-0.25, -0.2) is 0 Å². The van der Waals surface area contributed by atoms with Crippen LogP contribution in [0.1, 0.15) is 96.0 Å². The van der Waals surface area contributed by atoms with Gasteiger partial charge in [-0.2, -0.15) is 0 Å². The van der Waals surface area contributed by atoms with Crippen LogP contribution in [0.2, 0.25) is 0 Å². The highest BCUT2D eigenvalue weighted by molar-refractivity contribution is 6.31. The van der Waals surface area contributed by atoms with Crippen LogP contribution in [-0.4, -0.2) is 113 Å². The zero-order chi connectivity index (χ0) is 34.9. The van der Waals surface area contributed by atoms with Crippen molar-refractivity contribution in [3.63, 3.8) is 0 Å². The number of nitrogens with zero attached hydrogens (tertiary/aromatic N) is 1. The van der Waals surface area contributed by atoms with Crippen LogP contribution in [0.25, 0.3) is 0 Å². The summed E-state index contributed by atoms with van der Waals surface area (Å²) in [5.74, 6) is -3.11. The second-order valence-electron chi connectivity index (χ2n) is 13.8. The van der Waals surface area contributed by atoms with Gasteiger partial charge in [0.15, 0.2) is 17.9 Å². The minimum Gasteiger partial charge on any atom is -0.507 e. The maximum atomic E-state index is 14.0. The predicted molar refractivity (Wildman–Crippen MR) is 171 cm³/mol. The van der Waals surface area contributed by atoms with Crippen molar-refractivity contribution in [2.24, 2.45) is 0 Å². The Morgan fingerprint density at radius 2 is 1.86 bits per heavy atom. The summed E-state index contributed by atoms with van der Waals surface area (Å²) in [5.41, 5.74) is -3.00. The summed E-state index contributed by atoms with van der Waals surface area (Å²) in [5, 5.41) is 35.6. The standard InChI is InChI=1S/C36H43NO12/c1-6-21-35-37(10-11-45-21)20-12-25(47-17(4)34(20)49-35)48-23-14-36(43,24(38)15-46-16(2)3)13-19-27(23)33(42)29-28(31(19)40)30(39)18-8-7-9-22(44-5)26(18)32(29)41/h7-9,16-17,20-21,23,25,34-35,40,42-43H,6,10-15H2,1-5H3/t17-,20-,21+,23-,25?,34+,35+,36-/m0/s1. The predicted octanol–water partition coefficient (Wildman–Crippen LogP) is 2.95. The van der Waals surface area contributed by atoms with E-state index in [1.54, 1.807) is 19.9 Å². The zero-order valence-electron chi connectivity index (χ0n) is 28.3. The van der Waals surface area contributed by atoms with Gasteiger partial charge in [-0.1, -0.05) is 19.1 Å². The number of rotatable bonds is 8. The second-order valence-corrected chi connectivity index (χ2v) is 13.8. The average Bonchev–Trinajstić information content (AvgIpc) is 3.46. The molecule has 0 aromatic heterocycles. The fraction of sp³-hybridized carbons (Fsp3) is 0.583. The molecule has 3 heterocycles. The maximum Gasteiger partial charge on any atom is 0.202 e. The van der Waals surface area contributed by atoms with Gasteiger partial charge in [-0.15, -0.1) is 0 Å². The van der Waals surface area contributed by atoms with Crippen LogP contribution in [0.5, 0.6) is 17.2 Å². The SMILES string of the molecule is CC[C@H]1OCCN2[C@@H]1O[C@@H]1[C@H](C)OC(O[C@H]3C[C@](O)(C(=O)COC(C)C)Cc4c(O)c5c(c(O)c43)C(=O)c3c(OC)cccc3C5=O)C[C@@H]12. The summed E-state index contributed by atoms with van der Waals surface area (Å²) in [6.07, 6.45) is -2.97. The van der Waals surface area contributed by atoms with Gasteiger partial charge in [0, 0.05) is 48.5 Å². The molecule has 0 saturated carbocycles. The van der Waals surface area contributed by atoms with E-state index < -0.39 is 77.1 Å². The average molecular weight is 682 g/mol. The van der Waals surface area contributed by atoms with Crippen LogP contribution in [0, 0.1) is 0 Å². The highest BCUT2D eigenvalue weighted by Crippen LogP contribution is 2.53. The number of phenolic OH excluding ortho intramolecular Hbond substituents is 2. The molecule has 13 heteroatoms. The first kappa shape index (κ1) is 34.0. The normalized spacial score (nSPS) is 32.3. The van der Waals surface area contributed by atoms with Crippen molar-refractivity contribution in [2.45, 2.75) is 108 Å². The molecule has 264 valence electrons. The Morgan fingerprint density at radius 1 is 1.10 bits per heavy atom. The van der Waals surface area contributed by atoms with Gasteiger partial charge in [0.2, 0.25) is 5.78 Å². The molecule has 13 nitrogen and oxygen atoms in total. The summed E-state index contributed by atoms with van der Waals surface area (Å²) in [6.45, 7) is 8.27.